The lowest BCUT2D eigenvalue weighted by Crippen LogP contribution is -1.99. The highest BCUT2D eigenvalue weighted by Gasteiger charge is 2.19. The van der Waals surface area contributed by atoms with Gasteiger partial charge < -0.3 is 0 Å². The van der Waals surface area contributed by atoms with Gasteiger partial charge in [0, 0.05) is 16.7 Å². The normalized spacial score (nSPS) is 10.9. The highest BCUT2D eigenvalue weighted by Crippen LogP contribution is 2.33. The molecule has 0 unspecified atom stereocenters. The molecule has 31 heavy (non-hydrogen) atoms. The fraction of sp³-hybridized carbons (Fsp3) is 0.0741. The molecule has 0 fully saturated rings. The molecule has 2 heterocycles. The molecule has 0 amide bonds. The quantitative estimate of drug-likeness (QED) is 0.361. The Hall–Kier alpha value is -4.23. The molecule has 0 aliphatic carbocycles. The summed E-state index contributed by atoms with van der Waals surface area (Å²) >= 11 is 0. The van der Waals surface area contributed by atoms with Crippen LogP contribution >= 0.6 is 0 Å². The fourth-order valence-electron chi connectivity index (χ4n) is 3.74. The van der Waals surface area contributed by atoms with Crippen molar-refractivity contribution < 1.29 is 0 Å². The van der Waals surface area contributed by atoms with Gasteiger partial charge in [0.25, 0.3) is 0 Å². The number of hydrogen-bond acceptors (Lipinski definition) is 3. The van der Waals surface area contributed by atoms with Crippen LogP contribution in [0.2, 0.25) is 0 Å². The van der Waals surface area contributed by atoms with Crippen molar-refractivity contribution in [1.82, 2.24) is 14.6 Å². The second-order valence-corrected chi connectivity index (χ2v) is 7.70. The first-order valence-electron chi connectivity index (χ1n) is 10.2. The van der Waals surface area contributed by atoms with Crippen molar-refractivity contribution in [1.29, 1.82) is 5.26 Å². The summed E-state index contributed by atoms with van der Waals surface area (Å²) in [7, 11) is 0. The third-order valence-corrected chi connectivity index (χ3v) is 5.46. The van der Waals surface area contributed by atoms with Crippen LogP contribution in [0.1, 0.15) is 16.7 Å². The highest BCUT2D eigenvalue weighted by atomic mass is 15.3. The number of nitrogens with zero attached hydrogens (tertiary/aromatic N) is 4. The molecule has 0 radical (unpaired) electrons. The van der Waals surface area contributed by atoms with Crippen molar-refractivity contribution in [2.45, 2.75) is 13.8 Å². The van der Waals surface area contributed by atoms with Gasteiger partial charge in [-0.3, -0.25) is 0 Å². The lowest BCUT2D eigenvalue weighted by Gasteiger charge is -2.11. The van der Waals surface area contributed by atoms with Gasteiger partial charge in [-0.05, 0) is 25.5 Å². The SMILES string of the molecule is Cc1ccc(-c2nc3c(C#N)c(-c4ccccc4)cc(-c4ccc(C)cc4)n3n2)cc1. The van der Waals surface area contributed by atoms with Gasteiger partial charge in [0.1, 0.15) is 11.6 Å². The van der Waals surface area contributed by atoms with Gasteiger partial charge in [-0.1, -0.05) is 90.0 Å². The summed E-state index contributed by atoms with van der Waals surface area (Å²) in [6, 6.07) is 30.8. The molecule has 0 aliphatic rings. The minimum absolute atomic E-state index is 0.521. The first-order chi connectivity index (χ1) is 15.1. The molecule has 0 N–H and O–H groups in total. The van der Waals surface area contributed by atoms with Gasteiger partial charge in [0.2, 0.25) is 0 Å². The summed E-state index contributed by atoms with van der Waals surface area (Å²) in [4.78, 5) is 4.80. The molecule has 0 aliphatic heterocycles. The van der Waals surface area contributed by atoms with E-state index in [1.165, 1.54) is 11.1 Å². The highest BCUT2D eigenvalue weighted by molar-refractivity contribution is 5.83. The molecule has 5 aromatic rings. The lowest BCUT2D eigenvalue weighted by molar-refractivity contribution is 0.972. The van der Waals surface area contributed by atoms with Crippen molar-refractivity contribution in [2.24, 2.45) is 0 Å². The Morgan fingerprint density at radius 3 is 1.97 bits per heavy atom. The molecule has 0 bridgehead atoms. The van der Waals surface area contributed by atoms with Crippen LogP contribution in [-0.4, -0.2) is 14.6 Å². The predicted octanol–water partition coefficient (Wildman–Crippen LogP) is 6.22. The van der Waals surface area contributed by atoms with Gasteiger partial charge >= 0.3 is 0 Å². The molecule has 0 saturated heterocycles. The van der Waals surface area contributed by atoms with Crippen LogP contribution in [0, 0.1) is 25.2 Å². The fourth-order valence-corrected chi connectivity index (χ4v) is 3.74. The molecule has 5 rings (SSSR count). The maximum Gasteiger partial charge on any atom is 0.182 e. The van der Waals surface area contributed by atoms with Crippen LogP contribution in [0.5, 0.6) is 0 Å². The zero-order valence-corrected chi connectivity index (χ0v) is 17.4. The average Bonchev–Trinajstić information content (AvgIpc) is 3.25. The number of hydrogen-bond donors (Lipinski definition) is 0. The van der Waals surface area contributed by atoms with E-state index in [4.69, 9.17) is 10.1 Å². The largest absolute Gasteiger partial charge is 0.211 e. The molecule has 4 heteroatoms. The number of benzene rings is 3. The molecule has 0 atom stereocenters. The smallest absolute Gasteiger partial charge is 0.182 e. The molecule has 4 nitrogen and oxygen atoms in total. The number of fused-ring (bicyclic) bond motifs is 1. The Bertz CT molecular complexity index is 1420. The number of aromatic nitrogens is 3. The zero-order valence-electron chi connectivity index (χ0n) is 17.4. The van der Waals surface area contributed by atoms with E-state index in [0.29, 0.717) is 17.0 Å². The standard InChI is InChI=1S/C27H20N4/c1-18-8-12-21(13-9-18)25-16-23(20-6-4-3-5-7-20)24(17-28)27-29-26(30-31(25)27)22-14-10-19(2)11-15-22/h3-16H,1-2H3. The van der Waals surface area contributed by atoms with Crippen LogP contribution < -0.4 is 0 Å². The van der Waals surface area contributed by atoms with Gasteiger partial charge in [0.05, 0.1) is 5.69 Å². The summed E-state index contributed by atoms with van der Waals surface area (Å²) in [5, 5.41) is 14.9. The van der Waals surface area contributed by atoms with Crippen molar-refractivity contribution in [2.75, 3.05) is 0 Å². The van der Waals surface area contributed by atoms with Crippen LogP contribution in [-0.2, 0) is 0 Å². The summed E-state index contributed by atoms with van der Waals surface area (Å²) in [6.07, 6.45) is 0. The van der Waals surface area contributed by atoms with Crippen LogP contribution in [0.4, 0.5) is 0 Å². The Labute approximate surface area is 181 Å². The van der Waals surface area contributed by atoms with Crippen LogP contribution in [0.15, 0.2) is 84.9 Å². The van der Waals surface area contributed by atoms with E-state index in [0.717, 1.165) is 27.9 Å². The maximum atomic E-state index is 10.1. The molecule has 3 aromatic carbocycles. The number of pyridine rings is 1. The lowest BCUT2D eigenvalue weighted by atomic mass is 9.98. The van der Waals surface area contributed by atoms with Gasteiger partial charge in [-0.15, -0.1) is 5.10 Å². The van der Waals surface area contributed by atoms with Crippen molar-refractivity contribution >= 4 is 5.65 Å². The average molecular weight is 400 g/mol. The van der Waals surface area contributed by atoms with Crippen molar-refractivity contribution in [3.8, 4) is 39.8 Å². The zero-order chi connectivity index (χ0) is 21.4. The second-order valence-electron chi connectivity index (χ2n) is 7.70. The van der Waals surface area contributed by atoms with E-state index in [2.05, 4.69) is 44.2 Å². The molecule has 0 spiro atoms. The van der Waals surface area contributed by atoms with E-state index in [9.17, 15) is 5.26 Å². The predicted molar refractivity (Wildman–Crippen MR) is 123 cm³/mol. The minimum atomic E-state index is 0.521. The minimum Gasteiger partial charge on any atom is -0.211 e. The van der Waals surface area contributed by atoms with E-state index in [1.807, 2.05) is 60.7 Å². The molecular weight excluding hydrogens is 380 g/mol. The van der Waals surface area contributed by atoms with E-state index < -0.39 is 0 Å². The number of nitriles is 1. The van der Waals surface area contributed by atoms with Gasteiger partial charge in [0.15, 0.2) is 11.5 Å². The Kier molecular flexibility index (Phi) is 4.57. The summed E-state index contributed by atoms with van der Waals surface area (Å²) in [6.45, 7) is 4.12. The van der Waals surface area contributed by atoms with Crippen molar-refractivity contribution in [3.05, 3.63) is 102 Å². The van der Waals surface area contributed by atoms with Gasteiger partial charge in [-0.2, -0.15) is 5.26 Å². The van der Waals surface area contributed by atoms with Gasteiger partial charge in [-0.25, -0.2) is 9.50 Å². The Balaban J connectivity index is 1.84. The molecule has 0 saturated carbocycles. The number of rotatable bonds is 3. The first kappa shape index (κ1) is 18.8. The third kappa shape index (κ3) is 3.37. The van der Waals surface area contributed by atoms with E-state index in [-0.39, 0.29) is 0 Å². The van der Waals surface area contributed by atoms with E-state index >= 15 is 0 Å². The number of aryl methyl sites for hydroxylation is 2. The monoisotopic (exact) mass is 400 g/mol. The van der Waals surface area contributed by atoms with Crippen molar-refractivity contribution in [3.63, 3.8) is 0 Å². The van der Waals surface area contributed by atoms with E-state index in [1.54, 1.807) is 4.52 Å². The molecular formula is C27H20N4. The summed E-state index contributed by atoms with van der Waals surface area (Å²) in [5.74, 6) is 0.607. The molecule has 148 valence electrons. The Morgan fingerprint density at radius 1 is 0.742 bits per heavy atom. The Morgan fingerprint density at radius 2 is 1.35 bits per heavy atom. The second kappa shape index (κ2) is 7.55. The van der Waals surface area contributed by atoms with Crippen LogP contribution in [0.25, 0.3) is 39.4 Å². The third-order valence-electron chi connectivity index (χ3n) is 5.46. The van der Waals surface area contributed by atoms with Crippen LogP contribution in [0.3, 0.4) is 0 Å². The topological polar surface area (TPSA) is 54.0 Å². The maximum absolute atomic E-state index is 10.1. The molecule has 2 aromatic heterocycles. The summed E-state index contributed by atoms with van der Waals surface area (Å²) < 4.78 is 1.80. The first-order valence-corrected chi connectivity index (χ1v) is 10.2. The summed E-state index contributed by atoms with van der Waals surface area (Å²) in [5.41, 5.74) is 8.14.